The average Bonchev–Trinajstić information content (AvgIpc) is 2.49. The van der Waals surface area contributed by atoms with Crippen LogP contribution in [0.15, 0.2) is 48.8 Å². The second-order valence-electron chi connectivity index (χ2n) is 4.87. The Labute approximate surface area is 113 Å². The van der Waals surface area contributed by atoms with Crippen LogP contribution >= 0.6 is 0 Å². The van der Waals surface area contributed by atoms with Gasteiger partial charge in [-0.15, -0.1) is 0 Å². The number of ether oxygens (including phenoxy) is 1. The van der Waals surface area contributed by atoms with Gasteiger partial charge in [0.05, 0.1) is 13.2 Å². The summed E-state index contributed by atoms with van der Waals surface area (Å²) < 4.78 is 5.50. The zero-order valence-corrected chi connectivity index (χ0v) is 10.9. The van der Waals surface area contributed by atoms with Crippen molar-refractivity contribution in [1.82, 2.24) is 10.3 Å². The predicted molar refractivity (Wildman–Crippen MR) is 76.0 cm³/mol. The standard InChI is InChI=1S/C16H18N2O/c1-3-13(10-16-12-19-8-7-18-16)9-14(4-1)15-5-2-6-17-11-15/h1-6,9,11,16,18H,7-8,10,12H2. The van der Waals surface area contributed by atoms with E-state index in [4.69, 9.17) is 4.74 Å². The number of nitrogens with zero attached hydrogens (tertiary/aromatic N) is 1. The third-order valence-corrected chi connectivity index (χ3v) is 3.40. The molecule has 3 nitrogen and oxygen atoms in total. The third kappa shape index (κ3) is 3.19. The number of hydrogen-bond donors (Lipinski definition) is 1. The summed E-state index contributed by atoms with van der Waals surface area (Å²) in [5, 5.41) is 3.49. The van der Waals surface area contributed by atoms with Crippen molar-refractivity contribution in [2.75, 3.05) is 19.8 Å². The molecule has 1 aliphatic rings. The highest BCUT2D eigenvalue weighted by atomic mass is 16.5. The number of benzene rings is 1. The first-order valence-electron chi connectivity index (χ1n) is 6.72. The number of hydrogen-bond acceptors (Lipinski definition) is 3. The Morgan fingerprint density at radius 2 is 2.16 bits per heavy atom. The monoisotopic (exact) mass is 254 g/mol. The largest absolute Gasteiger partial charge is 0.379 e. The van der Waals surface area contributed by atoms with Crippen LogP contribution in [0.4, 0.5) is 0 Å². The predicted octanol–water partition coefficient (Wildman–Crippen LogP) is 2.28. The second kappa shape index (κ2) is 5.95. The molecule has 3 heteroatoms. The lowest BCUT2D eigenvalue weighted by atomic mass is 10.0. The minimum Gasteiger partial charge on any atom is -0.379 e. The molecule has 1 aliphatic heterocycles. The van der Waals surface area contributed by atoms with Gasteiger partial charge in [0, 0.05) is 25.0 Å². The van der Waals surface area contributed by atoms with Gasteiger partial charge in [0.2, 0.25) is 0 Å². The minimum atomic E-state index is 0.429. The fraction of sp³-hybridized carbons (Fsp3) is 0.312. The van der Waals surface area contributed by atoms with Gasteiger partial charge in [0.25, 0.3) is 0 Å². The Morgan fingerprint density at radius 3 is 2.95 bits per heavy atom. The molecule has 1 atom stereocenters. The molecule has 2 heterocycles. The molecular weight excluding hydrogens is 236 g/mol. The summed E-state index contributed by atoms with van der Waals surface area (Å²) in [6.07, 6.45) is 4.71. The summed E-state index contributed by atoms with van der Waals surface area (Å²) in [6, 6.07) is 13.2. The highest BCUT2D eigenvalue weighted by Gasteiger charge is 2.13. The third-order valence-electron chi connectivity index (χ3n) is 3.40. The summed E-state index contributed by atoms with van der Waals surface area (Å²) in [5.74, 6) is 0. The topological polar surface area (TPSA) is 34.1 Å². The van der Waals surface area contributed by atoms with Crippen molar-refractivity contribution < 1.29 is 4.74 Å². The van der Waals surface area contributed by atoms with Crippen LogP contribution in [-0.2, 0) is 11.2 Å². The van der Waals surface area contributed by atoms with Gasteiger partial charge in [-0.25, -0.2) is 0 Å². The van der Waals surface area contributed by atoms with Gasteiger partial charge in [-0.05, 0) is 29.2 Å². The lowest BCUT2D eigenvalue weighted by molar-refractivity contribution is 0.0770. The van der Waals surface area contributed by atoms with Crippen molar-refractivity contribution in [3.8, 4) is 11.1 Å². The lowest BCUT2D eigenvalue weighted by Gasteiger charge is -2.24. The lowest BCUT2D eigenvalue weighted by Crippen LogP contribution is -2.42. The highest BCUT2D eigenvalue weighted by Crippen LogP contribution is 2.20. The SMILES string of the molecule is c1cncc(-c2cccc(CC3COCCN3)c2)c1. The molecule has 0 spiro atoms. The van der Waals surface area contributed by atoms with Crippen LogP contribution in [0.1, 0.15) is 5.56 Å². The Bertz CT molecular complexity index is 521. The maximum Gasteiger partial charge on any atom is 0.0623 e. The fourth-order valence-corrected chi connectivity index (χ4v) is 2.45. The summed E-state index contributed by atoms with van der Waals surface area (Å²) in [6.45, 7) is 2.58. The summed E-state index contributed by atoms with van der Waals surface area (Å²) in [4.78, 5) is 4.17. The van der Waals surface area contributed by atoms with Crippen molar-refractivity contribution in [2.24, 2.45) is 0 Å². The first kappa shape index (κ1) is 12.3. The number of nitrogens with one attached hydrogen (secondary N) is 1. The van der Waals surface area contributed by atoms with E-state index in [1.807, 2.05) is 12.3 Å². The van der Waals surface area contributed by atoms with Crippen LogP contribution in [-0.4, -0.2) is 30.8 Å². The number of pyridine rings is 1. The van der Waals surface area contributed by atoms with E-state index < -0.39 is 0 Å². The fourth-order valence-electron chi connectivity index (χ4n) is 2.45. The number of morpholine rings is 1. The quantitative estimate of drug-likeness (QED) is 0.912. The molecular formula is C16H18N2O. The Kier molecular flexibility index (Phi) is 3.86. The van der Waals surface area contributed by atoms with Crippen molar-refractivity contribution in [3.63, 3.8) is 0 Å². The van der Waals surface area contributed by atoms with Crippen LogP contribution in [0.3, 0.4) is 0 Å². The van der Waals surface area contributed by atoms with Crippen LogP contribution < -0.4 is 5.32 Å². The molecule has 0 bridgehead atoms. The molecule has 1 unspecified atom stereocenters. The van der Waals surface area contributed by atoms with Gasteiger partial charge >= 0.3 is 0 Å². The highest BCUT2D eigenvalue weighted by molar-refractivity contribution is 5.62. The molecule has 19 heavy (non-hydrogen) atoms. The molecule has 1 N–H and O–H groups in total. The maximum absolute atomic E-state index is 5.50. The number of rotatable bonds is 3. The first-order valence-corrected chi connectivity index (χ1v) is 6.72. The van der Waals surface area contributed by atoms with Crippen LogP contribution in [0.25, 0.3) is 11.1 Å². The van der Waals surface area contributed by atoms with E-state index in [2.05, 4.69) is 40.6 Å². The normalized spacial score (nSPS) is 19.3. The summed E-state index contributed by atoms with van der Waals surface area (Å²) in [5.41, 5.74) is 3.73. The van der Waals surface area contributed by atoms with E-state index >= 15 is 0 Å². The molecule has 1 fully saturated rings. The van der Waals surface area contributed by atoms with E-state index in [0.717, 1.165) is 31.7 Å². The molecule has 1 aromatic carbocycles. The van der Waals surface area contributed by atoms with Crippen LogP contribution in [0.2, 0.25) is 0 Å². The van der Waals surface area contributed by atoms with Crippen LogP contribution in [0, 0.1) is 0 Å². The Balaban J connectivity index is 1.76. The zero-order valence-electron chi connectivity index (χ0n) is 10.9. The van der Waals surface area contributed by atoms with E-state index in [1.165, 1.54) is 11.1 Å². The molecule has 1 aromatic heterocycles. The van der Waals surface area contributed by atoms with Gasteiger partial charge < -0.3 is 10.1 Å². The maximum atomic E-state index is 5.50. The van der Waals surface area contributed by atoms with Crippen molar-refractivity contribution in [2.45, 2.75) is 12.5 Å². The van der Waals surface area contributed by atoms with E-state index in [9.17, 15) is 0 Å². The first-order chi connectivity index (χ1) is 9.42. The molecule has 0 amide bonds. The zero-order chi connectivity index (χ0) is 12.9. The second-order valence-corrected chi connectivity index (χ2v) is 4.87. The molecule has 0 saturated carbocycles. The molecule has 3 rings (SSSR count). The Hall–Kier alpha value is -1.71. The minimum absolute atomic E-state index is 0.429. The molecule has 2 aromatic rings. The van der Waals surface area contributed by atoms with E-state index in [-0.39, 0.29) is 0 Å². The van der Waals surface area contributed by atoms with Crippen LogP contribution in [0.5, 0.6) is 0 Å². The summed E-state index contributed by atoms with van der Waals surface area (Å²) in [7, 11) is 0. The average molecular weight is 254 g/mol. The van der Waals surface area contributed by atoms with Gasteiger partial charge in [0.15, 0.2) is 0 Å². The van der Waals surface area contributed by atoms with Crippen molar-refractivity contribution in [3.05, 3.63) is 54.4 Å². The van der Waals surface area contributed by atoms with Gasteiger partial charge in [-0.3, -0.25) is 4.98 Å². The number of aromatic nitrogens is 1. The molecule has 1 saturated heterocycles. The molecule has 0 aliphatic carbocycles. The smallest absolute Gasteiger partial charge is 0.0623 e. The van der Waals surface area contributed by atoms with E-state index in [0.29, 0.717) is 6.04 Å². The molecule has 0 radical (unpaired) electrons. The Morgan fingerprint density at radius 1 is 1.21 bits per heavy atom. The van der Waals surface area contributed by atoms with Gasteiger partial charge in [-0.1, -0.05) is 30.3 Å². The van der Waals surface area contributed by atoms with Gasteiger partial charge in [0.1, 0.15) is 0 Å². The summed E-state index contributed by atoms with van der Waals surface area (Å²) >= 11 is 0. The van der Waals surface area contributed by atoms with E-state index in [1.54, 1.807) is 6.20 Å². The molecule has 98 valence electrons. The van der Waals surface area contributed by atoms with Gasteiger partial charge in [-0.2, -0.15) is 0 Å². The van der Waals surface area contributed by atoms with Crippen molar-refractivity contribution >= 4 is 0 Å². The van der Waals surface area contributed by atoms with Crippen molar-refractivity contribution in [1.29, 1.82) is 0 Å².